The predicted molar refractivity (Wildman–Crippen MR) is 58.8 cm³/mol. The molecule has 0 aromatic rings. The highest BCUT2D eigenvalue weighted by molar-refractivity contribution is 4.86. The Morgan fingerprint density at radius 2 is 1.85 bits per heavy atom. The normalized spacial score (nSPS) is 30.9. The van der Waals surface area contributed by atoms with E-state index in [1.807, 2.05) is 0 Å². The van der Waals surface area contributed by atoms with Gasteiger partial charge in [0.1, 0.15) is 0 Å². The van der Waals surface area contributed by atoms with Gasteiger partial charge in [0.05, 0.1) is 0 Å². The highest BCUT2D eigenvalue weighted by Crippen LogP contribution is 2.39. The van der Waals surface area contributed by atoms with Crippen LogP contribution in [0.15, 0.2) is 0 Å². The maximum atomic E-state index is 3.52. The number of rotatable bonds is 1. The summed E-state index contributed by atoms with van der Waals surface area (Å²) in [7, 11) is 0. The Kier molecular flexibility index (Phi) is 3.39. The van der Waals surface area contributed by atoms with Gasteiger partial charge < -0.3 is 5.32 Å². The molecule has 0 spiro atoms. The lowest BCUT2D eigenvalue weighted by Crippen LogP contribution is -2.44. The highest BCUT2D eigenvalue weighted by atomic mass is 14.9. The quantitative estimate of drug-likeness (QED) is 0.659. The summed E-state index contributed by atoms with van der Waals surface area (Å²) in [6, 6.07) is 0. The molecule has 1 saturated heterocycles. The molecular formula is C12H25N. The van der Waals surface area contributed by atoms with Gasteiger partial charge in [-0.15, -0.1) is 0 Å². The van der Waals surface area contributed by atoms with Gasteiger partial charge in [-0.1, -0.05) is 34.6 Å². The minimum absolute atomic E-state index is 0.483. The van der Waals surface area contributed by atoms with E-state index in [1.165, 1.54) is 19.5 Å². The second-order valence-electron chi connectivity index (χ2n) is 5.87. The number of piperidine rings is 1. The molecule has 1 aliphatic heterocycles. The summed E-state index contributed by atoms with van der Waals surface area (Å²) < 4.78 is 0. The molecule has 78 valence electrons. The largest absolute Gasteiger partial charge is 0.316 e. The Bertz CT molecular complexity index is 155. The van der Waals surface area contributed by atoms with E-state index in [9.17, 15) is 0 Å². The maximum absolute atomic E-state index is 3.52. The van der Waals surface area contributed by atoms with E-state index >= 15 is 0 Å². The van der Waals surface area contributed by atoms with E-state index in [1.54, 1.807) is 0 Å². The lowest BCUT2D eigenvalue weighted by Gasteiger charge is -2.42. The van der Waals surface area contributed by atoms with E-state index in [2.05, 4.69) is 39.9 Å². The monoisotopic (exact) mass is 183 g/mol. The molecule has 1 N–H and O–H groups in total. The molecule has 1 aliphatic rings. The van der Waals surface area contributed by atoms with Gasteiger partial charge in [-0.05, 0) is 42.7 Å². The first-order chi connectivity index (χ1) is 5.93. The first-order valence-electron chi connectivity index (χ1n) is 5.63. The van der Waals surface area contributed by atoms with Crippen molar-refractivity contribution >= 4 is 0 Å². The average Bonchev–Trinajstić information content (AvgIpc) is 2.03. The van der Waals surface area contributed by atoms with Crippen LogP contribution < -0.4 is 5.32 Å². The van der Waals surface area contributed by atoms with Gasteiger partial charge in [-0.3, -0.25) is 0 Å². The fraction of sp³-hybridized carbons (Fsp3) is 1.00. The summed E-state index contributed by atoms with van der Waals surface area (Å²) in [5.74, 6) is 2.58. The van der Waals surface area contributed by atoms with Gasteiger partial charge in [-0.2, -0.15) is 0 Å². The summed E-state index contributed by atoms with van der Waals surface area (Å²) in [6.07, 6.45) is 1.35. The molecule has 13 heavy (non-hydrogen) atoms. The number of nitrogens with one attached hydrogen (secondary N) is 1. The highest BCUT2D eigenvalue weighted by Gasteiger charge is 2.35. The molecule has 0 saturated carbocycles. The van der Waals surface area contributed by atoms with E-state index in [0.717, 1.165) is 17.8 Å². The van der Waals surface area contributed by atoms with Crippen molar-refractivity contribution in [1.29, 1.82) is 0 Å². The molecule has 1 fully saturated rings. The first kappa shape index (κ1) is 11.0. The zero-order valence-corrected chi connectivity index (χ0v) is 9.85. The Morgan fingerprint density at radius 3 is 2.23 bits per heavy atom. The molecule has 2 atom stereocenters. The van der Waals surface area contributed by atoms with Crippen LogP contribution in [-0.2, 0) is 0 Å². The molecule has 0 aromatic heterocycles. The van der Waals surface area contributed by atoms with Crippen molar-refractivity contribution in [3.63, 3.8) is 0 Å². The van der Waals surface area contributed by atoms with Crippen LogP contribution in [0.4, 0.5) is 0 Å². The molecule has 0 radical (unpaired) electrons. The molecule has 0 aromatic carbocycles. The second kappa shape index (κ2) is 4.00. The van der Waals surface area contributed by atoms with Gasteiger partial charge in [-0.25, -0.2) is 0 Å². The van der Waals surface area contributed by atoms with Crippen LogP contribution in [0.5, 0.6) is 0 Å². The average molecular weight is 183 g/mol. The summed E-state index contributed by atoms with van der Waals surface area (Å²) in [6.45, 7) is 14.3. The van der Waals surface area contributed by atoms with Crippen LogP contribution in [0.3, 0.4) is 0 Å². The topological polar surface area (TPSA) is 12.0 Å². The molecule has 1 nitrogen and oxygen atoms in total. The molecule has 0 aliphatic carbocycles. The van der Waals surface area contributed by atoms with Crippen LogP contribution in [0, 0.1) is 23.2 Å². The maximum Gasteiger partial charge on any atom is -0.00152 e. The molecule has 2 unspecified atom stereocenters. The van der Waals surface area contributed by atoms with Gasteiger partial charge in [0, 0.05) is 0 Å². The minimum Gasteiger partial charge on any atom is -0.316 e. The third kappa shape index (κ3) is 2.70. The van der Waals surface area contributed by atoms with Crippen LogP contribution in [0.1, 0.15) is 41.0 Å². The summed E-state index contributed by atoms with van der Waals surface area (Å²) in [4.78, 5) is 0. The van der Waals surface area contributed by atoms with Crippen LogP contribution in [0.25, 0.3) is 0 Å². The first-order valence-corrected chi connectivity index (χ1v) is 5.63. The van der Waals surface area contributed by atoms with Crippen molar-refractivity contribution in [2.45, 2.75) is 41.0 Å². The van der Waals surface area contributed by atoms with Gasteiger partial charge in [0.2, 0.25) is 0 Å². The number of hydrogen-bond acceptors (Lipinski definition) is 1. The van der Waals surface area contributed by atoms with E-state index in [0.29, 0.717) is 5.41 Å². The molecule has 1 rings (SSSR count). The predicted octanol–water partition coefficient (Wildman–Crippen LogP) is 2.91. The van der Waals surface area contributed by atoms with Gasteiger partial charge >= 0.3 is 0 Å². The molecule has 1 heteroatoms. The fourth-order valence-corrected chi connectivity index (χ4v) is 2.66. The van der Waals surface area contributed by atoms with Crippen molar-refractivity contribution < 1.29 is 0 Å². The van der Waals surface area contributed by atoms with Gasteiger partial charge in [0.15, 0.2) is 0 Å². The minimum atomic E-state index is 0.483. The van der Waals surface area contributed by atoms with Crippen molar-refractivity contribution in [1.82, 2.24) is 5.32 Å². The fourth-order valence-electron chi connectivity index (χ4n) is 2.66. The Balaban J connectivity index is 2.67. The van der Waals surface area contributed by atoms with Crippen LogP contribution in [-0.4, -0.2) is 13.1 Å². The third-order valence-electron chi connectivity index (χ3n) is 3.50. The van der Waals surface area contributed by atoms with E-state index in [4.69, 9.17) is 0 Å². The lowest BCUT2D eigenvalue weighted by molar-refractivity contribution is 0.0880. The van der Waals surface area contributed by atoms with Crippen molar-refractivity contribution in [2.75, 3.05) is 13.1 Å². The summed E-state index contributed by atoms with van der Waals surface area (Å²) >= 11 is 0. The summed E-state index contributed by atoms with van der Waals surface area (Å²) in [5, 5.41) is 3.52. The zero-order chi connectivity index (χ0) is 10.1. The third-order valence-corrected chi connectivity index (χ3v) is 3.50. The molecule has 0 bridgehead atoms. The van der Waals surface area contributed by atoms with E-state index < -0.39 is 0 Å². The Labute approximate surface area is 83.3 Å². The Morgan fingerprint density at radius 1 is 1.23 bits per heavy atom. The molecular weight excluding hydrogens is 158 g/mol. The van der Waals surface area contributed by atoms with Crippen molar-refractivity contribution in [3.8, 4) is 0 Å². The summed E-state index contributed by atoms with van der Waals surface area (Å²) in [5.41, 5.74) is 0.483. The van der Waals surface area contributed by atoms with E-state index in [-0.39, 0.29) is 0 Å². The molecule has 0 amide bonds. The number of hydrogen-bond donors (Lipinski definition) is 1. The van der Waals surface area contributed by atoms with Crippen LogP contribution >= 0.6 is 0 Å². The van der Waals surface area contributed by atoms with Crippen molar-refractivity contribution in [3.05, 3.63) is 0 Å². The second-order valence-corrected chi connectivity index (χ2v) is 5.87. The zero-order valence-electron chi connectivity index (χ0n) is 9.85. The lowest BCUT2D eigenvalue weighted by atomic mass is 9.66. The van der Waals surface area contributed by atoms with Crippen LogP contribution in [0.2, 0.25) is 0 Å². The van der Waals surface area contributed by atoms with Gasteiger partial charge in [0.25, 0.3) is 0 Å². The SMILES string of the molecule is CC(C)C1CNCCC1C(C)(C)C. The van der Waals surface area contributed by atoms with Crippen molar-refractivity contribution in [2.24, 2.45) is 23.2 Å². The Hall–Kier alpha value is -0.0400. The molecule has 1 heterocycles. The smallest absolute Gasteiger partial charge is 0.00152 e. The standard InChI is InChI=1S/C12H25N/c1-9(2)10-8-13-7-6-11(10)12(3,4)5/h9-11,13H,6-8H2,1-5H3.